The summed E-state index contributed by atoms with van der Waals surface area (Å²) in [6.45, 7) is 1.68. The Kier molecular flexibility index (Phi) is 4.33. The molecule has 124 valence electrons. The van der Waals surface area contributed by atoms with E-state index >= 15 is 0 Å². The Morgan fingerprint density at radius 3 is 2.92 bits per heavy atom. The minimum Gasteiger partial charge on any atom is -0.489 e. The number of nitro benzene ring substituents is 1. The zero-order valence-corrected chi connectivity index (χ0v) is 13.1. The molecule has 0 radical (unpaired) electrons. The summed E-state index contributed by atoms with van der Waals surface area (Å²) in [5.74, 6) is 0.120. The highest BCUT2D eigenvalue weighted by atomic mass is 16.6. The second kappa shape index (κ2) is 6.57. The summed E-state index contributed by atoms with van der Waals surface area (Å²) in [7, 11) is 1.35. The molecule has 0 aromatic heterocycles. The van der Waals surface area contributed by atoms with E-state index in [2.05, 4.69) is 4.90 Å². The molecule has 0 saturated carbocycles. The summed E-state index contributed by atoms with van der Waals surface area (Å²) in [6.07, 6.45) is 0. The van der Waals surface area contributed by atoms with Gasteiger partial charge in [-0.15, -0.1) is 0 Å². The molecule has 1 aliphatic rings. The Morgan fingerprint density at radius 2 is 2.17 bits per heavy atom. The predicted octanol–water partition coefficient (Wildman–Crippen LogP) is 2.78. The summed E-state index contributed by atoms with van der Waals surface area (Å²) < 4.78 is 10.3. The second-order valence-corrected chi connectivity index (χ2v) is 5.37. The van der Waals surface area contributed by atoms with Crippen LogP contribution in [-0.4, -0.2) is 31.2 Å². The maximum absolute atomic E-state index is 11.6. The molecule has 0 bridgehead atoms. The summed E-state index contributed by atoms with van der Waals surface area (Å²) in [5, 5.41) is 10.9. The molecular formula is C17H16N2O5. The summed E-state index contributed by atoms with van der Waals surface area (Å²) in [4.78, 5) is 24.1. The van der Waals surface area contributed by atoms with E-state index in [1.165, 1.54) is 19.2 Å². The number of rotatable bonds is 4. The van der Waals surface area contributed by atoms with Crippen molar-refractivity contribution >= 4 is 17.3 Å². The fourth-order valence-electron chi connectivity index (χ4n) is 2.68. The molecule has 0 N–H and O–H groups in total. The van der Waals surface area contributed by atoms with Gasteiger partial charge in [0.05, 0.1) is 35.9 Å². The number of non-ortho nitro benzene ring substituents is 1. The topological polar surface area (TPSA) is 81.9 Å². The highest BCUT2D eigenvalue weighted by Gasteiger charge is 2.21. The van der Waals surface area contributed by atoms with E-state index in [4.69, 9.17) is 9.47 Å². The Morgan fingerprint density at radius 1 is 1.33 bits per heavy atom. The third-order valence-corrected chi connectivity index (χ3v) is 3.84. The van der Waals surface area contributed by atoms with Gasteiger partial charge in [-0.3, -0.25) is 10.1 Å². The number of hydrogen-bond acceptors (Lipinski definition) is 6. The van der Waals surface area contributed by atoms with Crippen molar-refractivity contribution in [3.8, 4) is 5.75 Å². The molecule has 1 heterocycles. The molecule has 7 heteroatoms. The van der Waals surface area contributed by atoms with Crippen molar-refractivity contribution in [2.24, 2.45) is 0 Å². The fraction of sp³-hybridized carbons (Fsp3) is 0.235. The number of nitrogens with zero attached hydrogens (tertiary/aromatic N) is 2. The molecule has 24 heavy (non-hydrogen) atoms. The van der Waals surface area contributed by atoms with Crippen molar-refractivity contribution in [2.75, 3.05) is 25.2 Å². The van der Waals surface area contributed by atoms with Crippen molar-refractivity contribution < 1.29 is 19.2 Å². The Bertz CT molecular complexity index is 790. The van der Waals surface area contributed by atoms with Crippen LogP contribution in [0.25, 0.3) is 0 Å². The first-order valence-corrected chi connectivity index (χ1v) is 7.42. The number of carbonyl (C=O) groups excluding carboxylic acids is 1. The van der Waals surface area contributed by atoms with E-state index in [9.17, 15) is 14.9 Å². The minimum atomic E-state index is -0.442. The molecule has 0 aliphatic carbocycles. The largest absolute Gasteiger partial charge is 0.489 e. The first-order valence-electron chi connectivity index (χ1n) is 7.42. The van der Waals surface area contributed by atoms with Crippen LogP contribution in [0.2, 0.25) is 0 Å². The lowest BCUT2D eigenvalue weighted by Gasteiger charge is -2.31. The van der Waals surface area contributed by atoms with Crippen LogP contribution in [0.3, 0.4) is 0 Å². The molecule has 1 aliphatic heterocycles. The second-order valence-electron chi connectivity index (χ2n) is 5.37. The molecule has 2 aromatic carbocycles. The molecule has 0 saturated heterocycles. The van der Waals surface area contributed by atoms with Crippen LogP contribution < -0.4 is 9.64 Å². The van der Waals surface area contributed by atoms with Gasteiger partial charge in [0.1, 0.15) is 12.4 Å². The average molecular weight is 328 g/mol. The van der Waals surface area contributed by atoms with E-state index in [0.29, 0.717) is 31.0 Å². The highest BCUT2D eigenvalue weighted by Crippen LogP contribution is 2.35. The molecule has 7 nitrogen and oxygen atoms in total. The minimum absolute atomic E-state index is 0.00305. The van der Waals surface area contributed by atoms with Crippen molar-refractivity contribution in [3.05, 3.63) is 63.7 Å². The van der Waals surface area contributed by atoms with Crippen molar-refractivity contribution in [1.82, 2.24) is 0 Å². The van der Waals surface area contributed by atoms with Gasteiger partial charge in [0.2, 0.25) is 0 Å². The third kappa shape index (κ3) is 3.15. The number of carbonyl (C=O) groups is 1. The van der Waals surface area contributed by atoms with Crippen LogP contribution in [0, 0.1) is 10.1 Å². The van der Waals surface area contributed by atoms with Crippen molar-refractivity contribution in [1.29, 1.82) is 0 Å². The van der Waals surface area contributed by atoms with E-state index in [-0.39, 0.29) is 11.7 Å². The molecule has 3 rings (SSSR count). The lowest BCUT2D eigenvalue weighted by atomic mass is 10.1. The van der Waals surface area contributed by atoms with Gasteiger partial charge in [-0.1, -0.05) is 12.1 Å². The van der Waals surface area contributed by atoms with Gasteiger partial charge in [-0.05, 0) is 23.8 Å². The summed E-state index contributed by atoms with van der Waals surface area (Å²) in [5.41, 5.74) is 2.25. The van der Waals surface area contributed by atoms with E-state index < -0.39 is 4.92 Å². The molecule has 0 spiro atoms. The van der Waals surface area contributed by atoms with Crippen LogP contribution in [0.15, 0.2) is 42.5 Å². The van der Waals surface area contributed by atoms with Crippen LogP contribution >= 0.6 is 0 Å². The lowest BCUT2D eigenvalue weighted by Crippen LogP contribution is -2.32. The van der Waals surface area contributed by atoms with E-state index in [0.717, 1.165) is 11.3 Å². The van der Waals surface area contributed by atoms with Crippen LogP contribution in [0.5, 0.6) is 5.75 Å². The standard InChI is InChI=1S/C17H16N2O5/c1-23-17(20)13-4-2-3-12(9-13)11-18-7-8-24-16-10-14(19(21)22)5-6-15(16)18/h2-6,9-10H,7-8,11H2,1H3. The number of hydrogen-bond donors (Lipinski definition) is 0. The normalized spacial score (nSPS) is 13.0. The number of fused-ring (bicyclic) bond motifs is 1. The maximum atomic E-state index is 11.6. The van der Waals surface area contributed by atoms with Gasteiger partial charge in [0.15, 0.2) is 0 Å². The molecule has 0 unspecified atom stereocenters. The lowest BCUT2D eigenvalue weighted by molar-refractivity contribution is -0.384. The Labute approximate surface area is 138 Å². The number of ether oxygens (including phenoxy) is 2. The maximum Gasteiger partial charge on any atom is 0.337 e. The zero-order chi connectivity index (χ0) is 17.1. The predicted molar refractivity (Wildman–Crippen MR) is 87.4 cm³/mol. The van der Waals surface area contributed by atoms with Crippen molar-refractivity contribution in [3.63, 3.8) is 0 Å². The van der Waals surface area contributed by atoms with E-state index in [1.54, 1.807) is 24.3 Å². The van der Waals surface area contributed by atoms with Gasteiger partial charge >= 0.3 is 5.97 Å². The molecule has 0 fully saturated rings. The zero-order valence-electron chi connectivity index (χ0n) is 13.1. The third-order valence-electron chi connectivity index (χ3n) is 3.84. The SMILES string of the molecule is COC(=O)c1cccc(CN2CCOc3cc([N+](=O)[O-])ccc32)c1. The molecule has 0 atom stereocenters. The van der Waals surface area contributed by atoms with Gasteiger partial charge in [-0.25, -0.2) is 4.79 Å². The van der Waals surface area contributed by atoms with Crippen molar-refractivity contribution in [2.45, 2.75) is 6.54 Å². The molecule has 0 amide bonds. The smallest absolute Gasteiger partial charge is 0.337 e. The number of anilines is 1. The van der Waals surface area contributed by atoms with Crippen LogP contribution in [0.4, 0.5) is 11.4 Å². The quantitative estimate of drug-likeness (QED) is 0.488. The van der Waals surface area contributed by atoms with Gasteiger partial charge in [0.25, 0.3) is 5.69 Å². The number of methoxy groups -OCH3 is 1. The Hall–Kier alpha value is -3.09. The molecule has 2 aromatic rings. The van der Waals surface area contributed by atoms with Crippen LogP contribution in [0.1, 0.15) is 15.9 Å². The first-order chi connectivity index (χ1) is 11.6. The van der Waals surface area contributed by atoms with Crippen LogP contribution in [-0.2, 0) is 11.3 Å². The monoisotopic (exact) mass is 328 g/mol. The fourth-order valence-corrected chi connectivity index (χ4v) is 2.68. The first kappa shape index (κ1) is 15.8. The highest BCUT2D eigenvalue weighted by molar-refractivity contribution is 5.89. The summed E-state index contributed by atoms with van der Waals surface area (Å²) in [6, 6.07) is 11.8. The number of benzene rings is 2. The average Bonchev–Trinajstić information content (AvgIpc) is 2.61. The number of nitro groups is 1. The van der Waals surface area contributed by atoms with E-state index in [1.807, 2.05) is 6.07 Å². The van der Waals surface area contributed by atoms with Gasteiger partial charge in [0, 0.05) is 12.6 Å². The van der Waals surface area contributed by atoms with Gasteiger partial charge in [-0.2, -0.15) is 0 Å². The Balaban J connectivity index is 1.85. The molecular weight excluding hydrogens is 312 g/mol. The number of esters is 1. The van der Waals surface area contributed by atoms with Gasteiger partial charge < -0.3 is 14.4 Å². The summed E-state index contributed by atoms with van der Waals surface area (Å²) >= 11 is 0.